The first-order chi connectivity index (χ1) is 6.43. The van der Waals surface area contributed by atoms with Crippen LogP contribution in [0.2, 0.25) is 0 Å². The molecular weight excluding hydrogens is 188 g/mol. The molecule has 0 radical (unpaired) electrons. The average molecular weight is 206 g/mol. The quantitative estimate of drug-likeness (QED) is 0.447. The number of hydrogen-bond acceptors (Lipinski definition) is 5. The summed E-state index contributed by atoms with van der Waals surface area (Å²) in [5, 5.41) is 37.5. The first-order valence-electron chi connectivity index (χ1n) is 4.81. The van der Waals surface area contributed by atoms with Gasteiger partial charge in [-0.15, -0.1) is 0 Å². The van der Waals surface area contributed by atoms with Crippen molar-refractivity contribution in [3.05, 3.63) is 0 Å². The van der Waals surface area contributed by atoms with E-state index in [4.69, 9.17) is 9.84 Å². The van der Waals surface area contributed by atoms with Crippen LogP contribution < -0.4 is 0 Å². The van der Waals surface area contributed by atoms with Crippen LogP contribution >= 0.6 is 0 Å². The van der Waals surface area contributed by atoms with Gasteiger partial charge in [-0.05, 0) is 13.8 Å². The second kappa shape index (κ2) is 4.55. The fourth-order valence-electron chi connectivity index (χ4n) is 1.67. The number of hydrogen-bond donors (Lipinski definition) is 4. The zero-order valence-corrected chi connectivity index (χ0v) is 8.37. The van der Waals surface area contributed by atoms with Crippen LogP contribution in [0.1, 0.15) is 20.3 Å². The Morgan fingerprint density at radius 3 is 2.21 bits per heavy atom. The zero-order valence-electron chi connectivity index (χ0n) is 8.37. The lowest BCUT2D eigenvalue weighted by molar-refractivity contribution is -0.222. The molecule has 1 rings (SSSR count). The van der Waals surface area contributed by atoms with E-state index in [2.05, 4.69) is 0 Å². The summed E-state index contributed by atoms with van der Waals surface area (Å²) < 4.78 is 5.27. The van der Waals surface area contributed by atoms with Crippen molar-refractivity contribution in [2.75, 3.05) is 0 Å². The van der Waals surface area contributed by atoms with Crippen LogP contribution in [0.15, 0.2) is 0 Å². The van der Waals surface area contributed by atoms with E-state index in [-0.39, 0.29) is 6.42 Å². The van der Waals surface area contributed by atoms with E-state index >= 15 is 0 Å². The summed E-state index contributed by atoms with van der Waals surface area (Å²) in [4.78, 5) is 0. The van der Waals surface area contributed by atoms with E-state index in [1.807, 2.05) is 0 Å². The lowest BCUT2D eigenvalue weighted by Gasteiger charge is -2.39. The Balaban J connectivity index is 2.60. The molecular formula is C9H18O5. The second-order valence-electron chi connectivity index (χ2n) is 3.94. The minimum Gasteiger partial charge on any atom is -0.393 e. The Hall–Kier alpha value is -0.200. The third kappa shape index (κ3) is 2.43. The van der Waals surface area contributed by atoms with E-state index in [1.54, 1.807) is 13.8 Å². The third-order valence-corrected chi connectivity index (χ3v) is 2.52. The first kappa shape index (κ1) is 11.9. The number of ether oxygens (including phenoxy) is 1. The summed E-state index contributed by atoms with van der Waals surface area (Å²) in [6.07, 6.45) is -4.94. The van der Waals surface area contributed by atoms with E-state index in [0.717, 1.165) is 0 Å². The van der Waals surface area contributed by atoms with Crippen LogP contribution in [0.25, 0.3) is 0 Å². The molecule has 1 aliphatic heterocycles. The maximum absolute atomic E-state index is 9.53. The van der Waals surface area contributed by atoms with Crippen LogP contribution in [-0.2, 0) is 4.74 Å². The summed E-state index contributed by atoms with van der Waals surface area (Å²) in [5.41, 5.74) is 0. The lowest BCUT2D eigenvalue weighted by atomic mass is 9.93. The molecule has 1 saturated heterocycles. The number of rotatable bonds is 2. The molecule has 5 nitrogen and oxygen atoms in total. The molecule has 0 aromatic heterocycles. The van der Waals surface area contributed by atoms with Gasteiger partial charge in [0.15, 0.2) is 0 Å². The fourth-order valence-corrected chi connectivity index (χ4v) is 1.67. The normalized spacial score (nSPS) is 46.3. The largest absolute Gasteiger partial charge is 0.393 e. The molecule has 0 saturated carbocycles. The van der Waals surface area contributed by atoms with Gasteiger partial charge in [0.1, 0.15) is 18.3 Å². The standard InChI is InChI=1S/C9H18O5/c1-4(10)3-6-8(12)9(13)7(11)5(2)14-6/h4-13H,3H2,1-2H3/t4?,5-,6-,7+,8+,9+/m1/s1. The number of aliphatic hydroxyl groups is 4. The van der Waals surface area contributed by atoms with Gasteiger partial charge in [-0.2, -0.15) is 0 Å². The summed E-state index contributed by atoms with van der Waals surface area (Å²) in [6, 6.07) is 0. The molecule has 1 aliphatic rings. The van der Waals surface area contributed by atoms with E-state index in [1.165, 1.54) is 0 Å². The zero-order chi connectivity index (χ0) is 10.9. The molecule has 5 heteroatoms. The van der Waals surface area contributed by atoms with Crippen molar-refractivity contribution in [1.82, 2.24) is 0 Å². The van der Waals surface area contributed by atoms with Crippen LogP contribution in [0.5, 0.6) is 0 Å². The van der Waals surface area contributed by atoms with Crippen molar-refractivity contribution in [3.8, 4) is 0 Å². The van der Waals surface area contributed by atoms with Gasteiger partial charge < -0.3 is 25.2 Å². The van der Waals surface area contributed by atoms with Crippen LogP contribution in [0.4, 0.5) is 0 Å². The maximum atomic E-state index is 9.53. The van der Waals surface area contributed by atoms with Gasteiger partial charge >= 0.3 is 0 Å². The summed E-state index contributed by atoms with van der Waals surface area (Å²) >= 11 is 0. The highest BCUT2D eigenvalue weighted by atomic mass is 16.5. The Kier molecular flexibility index (Phi) is 3.86. The Morgan fingerprint density at radius 1 is 1.14 bits per heavy atom. The monoisotopic (exact) mass is 206 g/mol. The number of aliphatic hydroxyl groups excluding tert-OH is 4. The predicted octanol–water partition coefficient (Wildman–Crippen LogP) is -1.37. The molecule has 14 heavy (non-hydrogen) atoms. The van der Waals surface area contributed by atoms with Gasteiger partial charge in [0.25, 0.3) is 0 Å². The topological polar surface area (TPSA) is 90.2 Å². The highest BCUT2D eigenvalue weighted by molar-refractivity contribution is 4.90. The van der Waals surface area contributed by atoms with Crippen molar-refractivity contribution >= 4 is 0 Å². The molecule has 6 atom stereocenters. The van der Waals surface area contributed by atoms with Crippen LogP contribution in [0, 0.1) is 0 Å². The molecule has 0 aliphatic carbocycles. The molecule has 0 aromatic carbocycles. The van der Waals surface area contributed by atoms with Gasteiger partial charge in [0, 0.05) is 6.42 Å². The molecule has 0 amide bonds. The van der Waals surface area contributed by atoms with E-state index < -0.39 is 36.6 Å². The molecule has 0 aromatic rings. The summed E-state index contributed by atoms with van der Waals surface area (Å²) in [5.74, 6) is 0. The first-order valence-corrected chi connectivity index (χ1v) is 4.81. The van der Waals surface area contributed by atoms with Gasteiger partial charge in [-0.1, -0.05) is 0 Å². The third-order valence-electron chi connectivity index (χ3n) is 2.52. The van der Waals surface area contributed by atoms with Gasteiger partial charge in [-0.3, -0.25) is 0 Å². The van der Waals surface area contributed by atoms with Crippen molar-refractivity contribution < 1.29 is 25.2 Å². The highest BCUT2D eigenvalue weighted by Crippen LogP contribution is 2.23. The summed E-state index contributed by atoms with van der Waals surface area (Å²) in [7, 11) is 0. The van der Waals surface area contributed by atoms with Crippen molar-refractivity contribution in [2.45, 2.75) is 56.9 Å². The molecule has 1 fully saturated rings. The van der Waals surface area contributed by atoms with Crippen molar-refractivity contribution in [3.63, 3.8) is 0 Å². The van der Waals surface area contributed by atoms with Crippen LogP contribution in [-0.4, -0.2) is 57.0 Å². The van der Waals surface area contributed by atoms with Crippen molar-refractivity contribution in [2.24, 2.45) is 0 Å². The average Bonchev–Trinajstić information content (AvgIpc) is 2.10. The molecule has 84 valence electrons. The second-order valence-corrected chi connectivity index (χ2v) is 3.94. The SMILES string of the molecule is CC(O)C[C@H]1O[C@H](C)[C@H](O)[C@H](O)[C@H]1O. The Morgan fingerprint density at radius 2 is 1.71 bits per heavy atom. The van der Waals surface area contributed by atoms with Gasteiger partial charge in [-0.25, -0.2) is 0 Å². The smallest absolute Gasteiger partial charge is 0.111 e. The van der Waals surface area contributed by atoms with Gasteiger partial charge in [0.2, 0.25) is 0 Å². The van der Waals surface area contributed by atoms with Crippen molar-refractivity contribution in [1.29, 1.82) is 0 Å². The van der Waals surface area contributed by atoms with E-state index in [0.29, 0.717) is 0 Å². The van der Waals surface area contributed by atoms with E-state index in [9.17, 15) is 15.3 Å². The summed E-state index contributed by atoms with van der Waals surface area (Å²) in [6.45, 7) is 3.20. The van der Waals surface area contributed by atoms with Crippen LogP contribution in [0.3, 0.4) is 0 Å². The molecule has 0 spiro atoms. The Labute approximate surface area is 82.9 Å². The maximum Gasteiger partial charge on any atom is 0.111 e. The lowest BCUT2D eigenvalue weighted by Crippen LogP contribution is -2.57. The molecule has 0 bridgehead atoms. The predicted molar refractivity (Wildman–Crippen MR) is 48.7 cm³/mol. The Bertz CT molecular complexity index is 184. The molecule has 1 unspecified atom stereocenters. The fraction of sp³-hybridized carbons (Fsp3) is 1.00. The highest BCUT2D eigenvalue weighted by Gasteiger charge is 2.41. The minimum atomic E-state index is -1.21. The minimum absolute atomic E-state index is 0.245. The molecule has 1 heterocycles. The molecule has 4 N–H and O–H groups in total. The van der Waals surface area contributed by atoms with Gasteiger partial charge in [0.05, 0.1) is 18.3 Å².